The predicted molar refractivity (Wildman–Crippen MR) is 159 cm³/mol. The highest BCUT2D eigenvalue weighted by atomic mass is 32.1. The highest BCUT2D eigenvalue weighted by Crippen LogP contribution is 2.31. The Morgan fingerprint density at radius 1 is 1.09 bits per heavy atom. The lowest BCUT2D eigenvalue weighted by molar-refractivity contribution is -0.142. The average molecular weight is 607 g/mol. The van der Waals surface area contributed by atoms with Crippen molar-refractivity contribution in [1.29, 1.82) is 0 Å². The number of nitrogens with one attached hydrogen (secondary N) is 1. The SMILES string of the molecule is COc1ccc(CN(C(=O)Cn2nnc(-c3ccc(OC)c(OC)c3)n2)C(C(=O)NCC2CCCO2)c2cccs2)cc1. The minimum atomic E-state index is -0.871. The molecular formula is C30H34N6O6S. The van der Waals surface area contributed by atoms with Crippen molar-refractivity contribution in [2.75, 3.05) is 34.5 Å². The lowest BCUT2D eigenvalue weighted by Crippen LogP contribution is -2.45. The highest BCUT2D eigenvalue weighted by molar-refractivity contribution is 7.10. The second-order valence-corrected chi connectivity index (χ2v) is 10.9. The fourth-order valence-electron chi connectivity index (χ4n) is 4.85. The van der Waals surface area contributed by atoms with Crippen molar-refractivity contribution in [2.24, 2.45) is 0 Å². The van der Waals surface area contributed by atoms with Crippen LogP contribution < -0.4 is 19.5 Å². The minimum Gasteiger partial charge on any atom is -0.497 e. The molecular weight excluding hydrogens is 572 g/mol. The molecule has 0 aliphatic carbocycles. The van der Waals surface area contributed by atoms with Crippen LogP contribution in [0.25, 0.3) is 11.4 Å². The lowest BCUT2D eigenvalue weighted by Gasteiger charge is -2.31. The van der Waals surface area contributed by atoms with E-state index in [0.29, 0.717) is 41.8 Å². The first-order valence-corrected chi connectivity index (χ1v) is 14.7. The van der Waals surface area contributed by atoms with E-state index in [-0.39, 0.29) is 31.0 Å². The Morgan fingerprint density at radius 2 is 1.91 bits per heavy atom. The molecule has 2 atom stereocenters. The standard InChI is InChI=1S/C30H34N6O6S/c1-39-22-11-8-20(9-12-22)18-35(28(26-7-5-15-43-26)30(38)31-17-23-6-4-14-42-23)27(37)19-36-33-29(32-34-36)21-10-13-24(40-2)25(16-21)41-3/h5,7-13,15-16,23,28H,4,6,14,17-19H2,1-3H3,(H,31,38). The van der Waals surface area contributed by atoms with Gasteiger partial charge in [-0.3, -0.25) is 9.59 Å². The molecule has 13 heteroatoms. The van der Waals surface area contributed by atoms with Crippen molar-refractivity contribution >= 4 is 23.2 Å². The molecule has 43 heavy (non-hydrogen) atoms. The van der Waals surface area contributed by atoms with Gasteiger partial charge in [0.2, 0.25) is 17.6 Å². The van der Waals surface area contributed by atoms with Gasteiger partial charge in [-0.25, -0.2) is 0 Å². The molecule has 1 aliphatic heterocycles. The van der Waals surface area contributed by atoms with Gasteiger partial charge in [-0.1, -0.05) is 18.2 Å². The van der Waals surface area contributed by atoms with E-state index in [1.165, 1.54) is 16.1 Å². The van der Waals surface area contributed by atoms with Crippen LogP contribution in [0.3, 0.4) is 0 Å². The Balaban J connectivity index is 1.41. The predicted octanol–water partition coefficient (Wildman–Crippen LogP) is 3.49. The molecule has 0 radical (unpaired) electrons. The third kappa shape index (κ3) is 7.30. The maximum Gasteiger partial charge on any atom is 0.248 e. The van der Waals surface area contributed by atoms with Crippen LogP contribution in [0.4, 0.5) is 0 Å². The normalized spacial score (nSPS) is 15.1. The lowest BCUT2D eigenvalue weighted by atomic mass is 10.1. The van der Waals surface area contributed by atoms with Crippen molar-refractivity contribution in [3.63, 3.8) is 0 Å². The highest BCUT2D eigenvalue weighted by Gasteiger charge is 2.33. The monoisotopic (exact) mass is 606 g/mol. The summed E-state index contributed by atoms with van der Waals surface area (Å²) >= 11 is 1.42. The number of nitrogens with zero attached hydrogens (tertiary/aromatic N) is 5. The third-order valence-corrected chi connectivity index (χ3v) is 8.03. The van der Waals surface area contributed by atoms with Crippen molar-refractivity contribution in [2.45, 2.75) is 38.1 Å². The number of aromatic nitrogens is 4. The summed E-state index contributed by atoms with van der Waals surface area (Å²) in [4.78, 5) is 31.3. The maximum atomic E-state index is 14.0. The molecule has 1 saturated heterocycles. The number of carbonyl (C=O) groups is 2. The van der Waals surface area contributed by atoms with Crippen LogP contribution in [0, 0.1) is 0 Å². The van der Waals surface area contributed by atoms with Crippen LogP contribution >= 0.6 is 11.3 Å². The summed E-state index contributed by atoms with van der Waals surface area (Å²) in [6, 6.07) is 15.5. The molecule has 226 valence electrons. The molecule has 0 saturated carbocycles. The molecule has 1 aliphatic rings. The molecule has 4 aromatic rings. The Labute approximate surface area is 253 Å². The van der Waals surface area contributed by atoms with Gasteiger partial charge in [0.25, 0.3) is 0 Å². The summed E-state index contributed by atoms with van der Waals surface area (Å²) in [5, 5.41) is 17.6. The van der Waals surface area contributed by atoms with E-state index < -0.39 is 6.04 Å². The van der Waals surface area contributed by atoms with Gasteiger partial charge >= 0.3 is 0 Å². The molecule has 1 N–H and O–H groups in total. The molecule has 3 heterocycles. The van der Waals surface area contributed by atoms with Gasteiger partial charge < -0.3 is 29.2 Å². The zero-order valence-corrected chi connectivity index (χ0v) is 25.1. The summed E-state index contributed by atoms with van der Waals surface area (Å²) in [6.07, 6.45) is 1.82. The van der Waals surface area contributed by atoms with Crippen molar-refractivity contribution in [3.8, 4) is 28.6 Å². The molecule has 1 fully saturated rings. The van der Waals surface area contributed by atoms with E-state index in [2.05, 4.69) is 20.7 Å². The number of rotatable bonds is 13. The largest absolute Gasteiger partial charge is 0.497 e. The molecule has 2 aromatic heterocycles. The topological polar surface area (TPSA) is 130 Å². The summed E-state index contributed by atoms with van der Waals surface area (Å²) in [6.45, 7) is 1.02. The number of benzene rings is 2. The van der Waals surface area contributed by atoms with Crippen LogP contribution in [-0.2, 0) is 27.4 Å². The third-order valence-electron chi connectivity index (χ3n) is 7.10. The number of carbonyl (C=O) groups excluding carboxylic acids is 2. The maximum absolute atomic E-state index is 14.0. The second kappa shape index (κ2) is 14.1. The number of thiophene rings is 1. The number of amides is 2. The van der Waals surface area contributed by atoms with Gasteiger partial charge in [0.1, 0.15) is 18.3 Å². The van der Waals surface area contributed by atoms with Gasteiger partial charge in [-0.05, 0) is 65.4 Å². The quantitative estimate of drug-likeness (QED) is 0.243. The van der Waals surface area contributed by atoms with Gasteiger partial charge in [0.15, 0.2) is 11.5 Å². The van der Waals surface area contributed by atoms with E-state index in [1.807, 2.05) is 41.8 Å². The molecule has 0 spiro atoms. The summed E-state index contributed by atoms with van der Waals surface area (Å²) in [5.74, 6) is 1.47. The first-order valence-electron chi connectivity index (χ1n) is 13.8. The van der Waals surface area contributed by atoms with Crippen LogP contribution in [0.5, 0.6) is 17.2 Å². The minimum absolute atomic E-state index is 0.0342. The van der Waals surface area contributed by atoms with Crippen molar-refractivity contribution in [3.05, 3.63) is 70.4 Å². The van der Waals surface area contributed by atoms with E-state index in [4.69, 9.17) is 18.9 Å². The van der Waals surface area contributed by atoms with Crippen LogP contribution in [-0.4, -0.2) is 77.5 Å². The van der Waals surface area contributed by atoms with E-state index >= 15 is 0 Å². The van der Waals surface area contributed by atoms with Gasteiger partial charge in [0, 0.05) is 30.1 Å². The Bertz CT molecular complexity index is 1500. The second-order valence-electron chi connectivity index (χ2n) is 9.88. The number of hydrogen-bond donors (Lipinski definition) is 1. The van der Waals surface area contributed by atoms with E-state index in [9.17, 15) is 9.59 Å². The summed E-state index contributed by atoms with van der Waals surface area (Å²) in [7, 11) is 4.70. The zero-order valence-electron chi connectivity index (χ0n) is 24.3. The number of tetrazole rings is 1. The Morgan fingerprint density at radius 3 is 2.58 bits per heavy atom. The fraction of sp³-hybridized carbons (Fsp3) is 0.367. The zero-order chi connectivity index (χ0) is 30.2. The van der Waals surface area contributed by atoms with Crippen LogP contribution in [0.2, 0.25) is 0 Å². The number of methoxy groups -OCH3 is 3. The number of hydrogen-bond acceptors (Lipinski definition) is 10. The van der Waals surface area contributed by atoms with Crippen molar-refractivity contribution in [1.82, 2.24) is 30.4 Å². The van der Waals surface area contributed by atoms with Gasteiger partial charge in [-0.2, -0.15) is 4.80 Å². The summed E-state index contributed by atoms with van der Waals surface area (Å²) < 4.78 is 21.7. The van der Waals surface area contributed by atoms with Gasteiger partial charge in [-0.15, -0.1) is 21.5 Å². The molecule has 2 aromatic carbocycles. The van der Waals surface area contributed by atoms with Gasteiger partial charge in [0.05, 0.1) is 27.4 Å². The molecule has 5 rings (SSSR count). The molecule has 2 unspecified atom stereocenters. The molecule has 12 nitrogen and oxygen atoms in total. The van der Waals surface area contributed by atoms with E-state index in [0.717, 1.165) is 23.3 Å². The Kier molecular flexibility index (Phi) is 9.84. The average Bonchev–Trinajstić information content (AvgIpc) is 3.84. The first-order chi connectivity index (χ1) is 21.0. The molecule has 0 bridgehead atoms. The molecule has 2 amide bonds. The Hall–Kier alpha value is -4.49. The van der Waals surface area contributed by atoms with Crippen LogP contribution in [0.15, 0.2) is 60.0 Å². The smallest absolute Gasteiger partial charge is 0.248 e. The summed E-state index contributed by atoms with van der Waals surface area (Å²) in [5.41, 5.74) is 1.48. The van der Waals surface area contributed by atoms with Crippen LogP contribution in [0.1, 0.15) is 29.3 Å². The fourth-order valence-corrected chi connectivity index (χ4v) is 5.69. The first kappa shape index (κ1) is 30.0. The van der Waals surface area contributed by atoms with E-state index in [1.54, 1.807) is 44.4 Å². The van der Waals surface area contributed by atoms with Crippen molar-refractivity contribution < 1.29 is 28.5 Å². The number of ether oxygens (including phenoxy) is 4.